The predicted octanol–water partition coefficient (Wildman–Crippen LogP) is 5.51. The van der Waals surface area contributed by atoms with Gasteiger partial charge in [0.2, 0.25) is 0 Å². The smallest absolute Gasteiger partial charge is 0.303 e. The molecule has 0 aromatic heterocycles. The molecule has 2 nitrogen and oxygen atoms in total. The molecule has 132 valence electrons. The van der Waals surface area contributed by atoms with Gasteiger partial charge in [-0.3, -0.25) is 0 Å². The third-order valence-electron chi connectivity index (χ3n) is 4.80. The Labute approximate surface area is 143 Å². The van der Waals surface area contributed by atoms with Crippen LogP contribution in [-0.4, -0.2) is 19.3 Å². The lowest BCUT2D eigenvalue weighted by Gasteiger charge is -2.25. The topological polar surface area (TPSA) is 18.5 Å². The van der Waals surface area contributed by atoms with Gasteiger partial charge in [0.1, 0.15) is 0 Å². The van der Waals surface area contributed by atoms with E-state index in [0.717, 1.165) is 0 Å². The number of hydrogen-bond acceptors (Lipinski definition) is 2. The second-order valence-corrected chi connectivity index (χ2v) is 11.3. The summed E-state index contributed by atoms with van der Waals surface area (Å²) in [5.74, 6) is 0. The van der Waals surface area contributed by atoms with Crippen LogP contribution in [0.3, 0.4) is 0 Å². The molecule has 1 saturated heterocycles. The average Bonchev–Trinajstić information content (AvgIpc) is 2.48. The molecule has 1 heterocycles. The van der Waals surface area contributed by atoms with Gasteiger partial charge in [-0.2, -0.15) is 0 Å². The van der Waals surface area contributed by atoms with E-state index in [0.29, 0.717) is 0 Å². The van der Waals surface area contributed by atoms with Gasteiger partial charge in [0.05, 0.1) is 0 Å². The molecule has 0 aromatic rings. The maximum Gasteiger partial charge on any atom is 0.303 e. The van der Waals surface area contributed by atoms with Crippen molar-refractivity contribution in [3.63, 3.8) is 0 Å². The quantitative estimate of drug-likeness (QED) is 0.256. The lowest BCUT2D eigenvalue weighted by molar-refractivity contribution is 0.309. The first kappa shape index (κ1) is 20.4. The molecule has 0 atom stereocenters. The van der Waals surface area contributed by atoms with Crippen molar-refractivity contribution in [1.82, 2.24) is 0 Å². The van der Waals surface area contributed by atoms with Gasteiger partial charge in [0, 0.05) is 0 Å². The van der Waals surface area contributed by atoms with Crippen LogP contribution in [0.1, 0.15) is 110 Å². The highest BCUT2D eigenvalue weighted by atomic mass is 28.4. The summed E-state index contributed by atoms with van der Waals surface area (Å²) in [6.45, 7) is 2.29. The van der Waals surface area contributed by atoms with Gasteiger partial charge in [-0.15, -0.1) is 0 Å². The molecular weight excluding hydrogens is 304 g/mol. The summed E-state index contributed by atoms with van der Waals surface area (Å²) in [5, 5.41) is 0. The third kappa shape index (κ3) is 12.9. The van der Waals surface area contributed by atoms with Crippen LogP contribution in [0, 0.1) is 0 Å². The molecule has 0 radical (unpaired) electrons. The summed E-state index contributed by atoms with van der Waals surface area (Å²) in [5.41, 5.74) is 0. The van der Waals surface area contributed by atoms with Gasteiger partial charge in [0.25, 0.3) is 10.0 Å². The molecule has 0 aromatic carbocycles. The molecule has 22 heavy (non-hydrogen) atoms. The third-order valence-corrected chi connectivity index (χ3v) is 9.74. The highest BCUT2D eigenvalue weighted by Crippen LogP contribution is 2.15. The Morgan fingerprint density at radius 2 is 0.909 bits per heavy atom. The van der Waals surface area contributed by atoms with Gasteiger partial charge in [-0.1, -0.05) is 110 Å². The first-order chi connectivity index (χ1) is 10.9. The van der Waals surface area contributed by atoms with E-state index in [1.807, 2.05) is 0 Å². The fourth-order valence-electron chi connectivity index (χ4n) is 3.19. The second-order valence-electron chi connectivity index (χ2n) is 6.97. The summed E-state index contributed by atoms with van der Waals surface area (Å²) in [6.07, 6.45) is 23.1. The zero-order valence-corrected chi connectivity index (χ0v) is 17.7. The van der Waals surface area contributed by atoms with Crippen LogP contribution in [-0.2, 0) is 8.23 Å². The molecule has 0 N–H and O–H groups in total. The standard InChI is InChI=1S/C18H40O2Si2/c1-2-3-4-5-6-7-8-9-10-11-12-13-14-15-16-17-18-22-19-21-20-22/h22H,2-18,21H2,1H3. The Hall–Kier alpha value is 0.354. The maximum atomic E-state index is 5.51. The van der Waals surface area contributed by atoms with Crippen LogP contribution < -0.4 is 0 Å². The minimum absolute atomic E-state index is 0.448. The van der Waals surface area contributed by atoms with Crippen LogP contribution >= 0.6 is 0 Å². The zero-order valence-electron chi connectivity index (χ0n) is 15.1. The van der Waals surface area contributed by atoms with Crippen molar-refractivity contribution in [1.29, 1.82) is 0 Å². The molecule has 0 amide bonds. The normalized spacial score (nSPS) is 18.7. The van der Waals surface area contributed by atoms with Crippen LogP contribution in [0.5, 0.6) is 0 Å². The number of unbranched alkanes of at least 4 members (excludes halogenated alkanes) is 15. The molecule has 0 unspecified atom stereocenters. The fraction of sp³-hybridized carbons (Fsp3) is 1.00. The van der Waals surface area contributed by atoms with E-state index in [1.165, 1.54) is 109 Å². The van der Waals surface area contributed by atoms with Gasteiger partial charge in [-0.05, 0) is 6.04 Å². The monoisotopic (exact) mass is 344 g/mol. The molecule has 0 bridgehead atoms. The van der Waals surface area contributed by atoms with E-state index in [1.54, 1.807) is 0 Å². The van der Waals surface area contributed by atoms with Crippen molar-refractivity contribution in [2.45, 2.75) is 116 Å². The summed E-state index contributed by atoms with van der Waals surface area (Å²) < 4.78 is 11.0. The maximum absolute atomic E-state index is 5.51. The van der Waals surface area contributed by atoms with Crippen molar-refractivity contribution in [2.24, 2.45) is 0 Å². The Morgan fingerprint density at radius 1 is 0.545 bits per heavy atom. The number of hydrogen-bond donors (Lipinski definition) is 0. The lowest BCUT2D eigenvalue weighted by atomic mass is 10.0. The highest BCUT2D eigenvalue weighted by Gasteiger charge is 2.20. The molecule has 1 rings (SSSR count). The summed E-state index contributed by atoms with van der Waals surface area (Å²) >= 11 is 0. The van der Waals surface area contributed by atoms with E-state index < -0.39 is 19.3 Å². The lowest BCUT2D eigenvalue weighted by Crippen LogP contribution is -2.38. The van der Waals surface area contributed by atoms with Crippen molar-refractivity contribution in [3.8, 4) is 0 Å². The summed E-state index contributed by atoms with van der Waals surface area (Å²) in [4.78, 5) is 0. The van der Waals surface area contributed by atoms with Crippen molar-refractivity contribution in [3.05, 3.63) is 0 Å². The molecule has 0 saturated carbocycles. The molecule has 1 aliphatic heterocycles. The first-order valence-corrected chi connectivity index (χ1v) is 13.1. The largest absolute Gasteiger partial charge is 0.422 e. The average molecular weight is 345 g/mol. The van der Waals surface area contributed by atoms with E-state index in [9.17, 15) is 0 Å². The SMILES string of the molecule is CCCCCCCCCCCCCCCCCC[SiH]1O[SiH2]O1. The van der Waals surface area contributed by atoms with Crippen LogP contribution in [0.15, 0.2) is 0 Å². The number of rotatable bonds is 17. The van der Waals surface area contributed by atoms with Crippen molar-refractivity contribution >= 4 is 19.3 Å². The van der Waals surface area contributed by atoms with Crippen molar-refractivity contribution in [2.75, 3.05) is 0 Å². The molecule has 1 fully saturated rings. The minimum Gasteiger partial charge on any atom is -0.422 e. The van der Waals surface area contributed by atoms with Crippen LogP contribution in [0.4, 0.5) is 0 Å². The molecule has 4 heteroatoms. The second kappa shape index (κ2) is 16.2. The van der Waals surface area contributed by atoms with Crippen LogP contribution in [0.25, 0.3) is 0 Å². The Kier molecular flexibility index (Phi) is 15.0. The summed E-state index contributed by atoms with van der Waals surface area (Å²) in [7, 11) is -1.48. The Bertz CT molecular complexity index is 223. The van der Waals surface area contributed by atoms with Crippen LogP contribution in [0.2, 0.25) is 6.04 Å². The Balaban J connectivity index is 1.61. The zero-order chi connectivity index (χ0) is 15.7. The van der Waals surface area contributed by atoms with E-state index in [4.69, 9.17) is 8.23 Å². The van der Waals surface area contributed by atoms with Gasteiger partial charge < -0.3 is 8.23 Å². The fourth-order valence-corrected chi connectivity index (χ4v) is 6.46. The molecule has 0 spiro atoms. The molecule has 0 aliphatic carbocycles. The summed E-state index contributed by atoms with van der Waals surface area (Å²) in [6, 6.07) is 1.27. The van der Waals surface area contributed by atoms with E-state index >= 15 is 0 Å². The van der Waals surface area contributed by atoms with Crippen molar-refractivity contribution < 1.29 is 8.23 Å². The highest BCUT2D eigenvalue weighted by molar-refractivity contribution is 6.64. The molecular formula is C18H40O2Si2. The molecule has 1 aliphatic rings. The minimum atomic E-state index is -1.03. The predicted molar refractivity (Wildman–Crippen MR) is 102 cm³/mol. The van der Waals surface area contributed by atoms with E-state index in [-0.39, 0.29) is 0 Å². The van der Waals surface area contributed by atoms with Gasteiger partial charge in [-0.25, -0.2) is 0 Å². The Morgan fingerprint density at radius 3 is 1.23 bits per heavy atom. The van der Waals surface area contributed by atoms with E-state index in [2.05, 4.69) is 6.92 Å². The first-order valence-electron chi connectivity index (χ1n) is 10.2. The van der Waals surface area contributed by atoms with Gasteiger partial charge >= 0.3 is 9.28 Å². The van der Waals surface area contributed by atoms with Gasteiger partial charge in [0.15, 0.2) is 0 Å².